The van der Waals surface area contributed by atoms with Crippen LogP contribution in [0.15, 0.2) is 24.3 Å². The molecule has 0 unspecified atom stereocenters. The van der Waals surface area contributed by atoms with Crippen LogP contribution in [0.25, 0.3) is 0 Å². The van der Waals surface area contributed by atoms with E-state index >= 15 is 0 Å². The molecule has 2 fully saturated rings. The Labute approximate surface area is 98.6 Å². The normalized spacial score (nSPS) is 20.9. The van der Waals surface area contributed by atoms with Gasteiger partial charge in [-0.05, 0) is 30.5 Å². The first-order valence-corrected chi connectivity index (χ1v) is 5.62. The summed E-state index contributed by atoms with van der Waals surface area (Å²) < 4.78 is 0. The van der Waals surface area contributed by atoms with Crippen molar-refractivity contribution in [1.29, 1.82) is 0 Å². The van der Waals surface area contributed by atoms with E-state index in [-0.39, 0.29) is 11.9 Å². The highest BCUT2D eigenvalue weighted by Crippen LogP contribution is 2.42. The minimum absolute atomic E-state index is 0.136. The van der Waals surface area contributed by atoms with E-state index in [0.29, 0.717) is 12.2 Å². The molecule has 2 aliphatic rings. The fraction of sp³-hybridized carbons (Fsp3) is 0.333. The lowest BCUT2D eigenvalue weighted by molar-refractivity contribution is -0.119. The van der Waals surface area contributed by atoms with Crippen molar-refractivity contribution < 1.29 is 9.59 Å². The summed E-state index contributed by atoms with van der Waals surface area (Å²) in [5, 5.41) is 2.74. The molecular weight excluding hydrogens is 218 g/mol. The first-order chi connectivity index (χ1) is 8.16. The van der Waals surface area contributed by atoms with E-state index in [4.69, 9.17) is 5.73 Å². The number of nitrogens with one attached hydrogen (secondary N) is 1. The average molecular weight is 231 g/mol. The van der Waals surface area contributed by atoms with Crippen molar-refractivity contribution in [2.45, 2.75) is 24.9 Å². The third-order valence-electron chi connectivity index (χ3n) is 3.34. The zero-order valence-electron chi connectivity index (χ0n) is 9.27. The third kappa shape index (κ3) is 1.43. The van der Waals surface area contributed by atoms with Gasteiger partial charge in [0, 0.05) is 6.54 Å². The Balaban J connectivity index is 1.93. The molecule has 1 aromatic carbocycles. The Kier molecular flexibility index (Phi) is 2.00. The number of anilines is 1. The second kappa shape index (κ2) is 3.30. The van der Waals surface area contributed by atoms with Crippen LogP contribution in [0.1, 0.15) is 18.4 Å². The van der Waals surface area contributed by atoms with Crippen molar-refractivity contribution in [3.8, 4) is 0 Å². The standard InChI is InChI=1S/C12H13N3O2/c13-7-8-1-3-9(4-2-8)15-10(16)12(5-6-12)14-11(15)17/h1-4H,5-7,13H2,(H,14,17). The first-order valence-electron chi connectivity index (χ1n) is 5.62. The summed E-state index contributed by atoms with van der Waals surface area (Å²) in [6, 6.07) is 6.83. The molecule has 1 heterocycles. The SMILES string of the molecule is NCc1ccc(N2C(=O)NC3(CC3)C2=O)cc1. The maximum absolute atomic E-state index is 12.1. The van der Waals surface area contributed by atoms with E-state index in [1.54, 1.807) is 12.1 Å². The van der Waals surface area contributed by atoms with Gasteiger partial charge in [0.25, 0.3) is 5.91 Å². The Hall–Kier alpha value is -1.88. The van der Waals surface area contributed by atoms with Gasteiger partial charge in [-0.25, -0.2) is 9.69 Å². The van der Waals surface area contributed by atoms with Crippen molar-refractivity contribution in [3.63, 3.8) is 0 Å². The van der Waals surface area contributed by atoms with Gasteiger partial charge in [0.1, 0.15) is 5.54 Å². The number of imide groups is 1. The van der Waals surface area contributed by atoms with Crippen LogP contribution in [0.3, 0.4) is 0 Å². The summed E-state index contributed by atoms with van der Waals surface area (Å²) >= 11 is 0. The van der Waals surface area contributed by atoms with Gasteiger partial charge in [0.15, 0.2) is 0 Å². The minimum atomic E-state index is -0.594. The number of urea groups is 1. The quantitative estimate of drug-likeness (QED) is 0.737. The summed E-state index contributed by atoms with van der Waals surface area (Å²) in [7, 11) is 0. The zero-order valence-corrected chi connectivity index (χ0v) is 9.27. The van der Waals surface area contributed by atoms with Gasteiger partial charge in [0.05, 0.1) is 5.69 Å². The highest BCUT2D eigenvalue weighted by molar-refractivity contribution is 6.24. The molecule has 3 N–H and O–H groups in total. The predicted molar refractivity (Wildman–Crippen MR) is 62.3 cm³/mol. The number of hydrogen-bond donors (Lipinski definition) is 2. The molecule has 1 aliphatic carbocycles. The van der Waals surface area contributed by atoms with Crippen molar-refractivity contribution >= 4 is 17.6 Å². The van der Waals surface area contributed by atoms with E-state index in [0.717, 1.165) is 18.4 Å². The van der Waals surface area contributed by atoms with E-state index in [1.165, 1.54) is 4.90 Å². The second-order valence-electron chi connectivity index (χ2n) is 4.52. The Morgan fingerprint density at radius 3 is 2.35 bits per heavy atom. The number of nitrogens with two attached hydrogens (primary N) is 1. The van der Waals surface area contributed by atoms with Gasteiger partial charge in [-0.1, -0.05) is 12.1 Å². The van der Waals surface area contributed by atoms with Crippen LogP contribution in [0.5, 0.6) is 0 Å². The highest BCUT2D eigenvalue weighted by atomic mass is 16.2. The number of rotatable bonds is 2. The molecular formula is C12H13N3O2. The Morgan fingerprint density at radius 2 is 1.88 bits per heavy atom. The lowest BCUT2D eigenvalue weighted by Gasteiger charge is -2.13. The lowest BCUT2D eigenvalue weighted by atomic mass is 10.2. The van der Waals surface area contributed by atoms with Gasteiger partial charge in [-0.3, -0.25) is 4.79 Å². The molecule has 0 bridgehead atoms. The van der Waals surface area contributed by atoms with Gasteiger partial charge in [-0.15, -0.1) is 0 Å². The molecule has 1 aromatic rings. The van der Waals surface area contributed by atoms with Crippen LogP contribution >= 0.6 is 0 Å². The van der Waals surface area contributed by atoms with Gasteiger partial charge in [0.2, 0.25) is 0 Å². The summed E-state index contributed by atoms with van der Waals surface area (Å²) in [6.07, 6.45) is 1.49. The van der Waals surface area contributed by atoms with Crippen LogP contribution < -0.4 is 16.0 Å². The summed E-state index contributed by atoms with van der Waals surface area (Å²) in [5.41, 5.74) is 6.49. The van der Waals surface area contributed by atoms with Crippen molar-refractivity contribution in [1.82, 2.24) is 5.32 Å². The number of nitrogens with zero attached hydrogens (tertiary/aromatic N) is 1. The number of carbonyl (C=O) groups is 2. The van der Waals surface area contributed by atoms with E-state index < -0.39 is 5.54 Å². The molecule has 88 valence electrons. The lowest BCUT2D eigenvalue weighted by Crippen LogP contribution is -2.32. The molecule has 1 saturated carbocycles. The molecule has 0 atom stereocenters. The number of carbonyl (C=O) groups excluding carboxylic acids is 2. The van der Waals surface area contributed by atoms with Crippen LogP contribution in [-0.2, 0) is 11.3 Å². The molecule has 1 aliphatic heterocycles. The zero-order chi connectivity index (χ0) is 12.0. The van der Waals surface area contributed by atoms with Gasteiger partial charge >= 0.3 is 6.03 Å². The topological polar surface area (TPSA) is 75.4 Å². The third-order valence-corrected chi connectivity index (χ3v) is 3.34. The molecule has 0 aromatic heterocycles. The van der Waals surface area contributed by atoms with E-state index in [1.807, 2.05) is 12.1 Å². The molecule has 3 amide bonds. The molecule has 17 heavy (non-hydrogen) atoms. The van der Waals surface area contributed by atoms with E-state index in [9.17, 15) is 9.59 Å². The number of benzene rings is 1. The van der Waals surface area contributed by atoms with E-state index in [2.05, 4.69) is 5.32 Å². The Bertz CT molecular complexity index is 491. The summed E-state index contributed by atoms with van der Waals surface area (Å²) in [6.45, 7) is 0.449. The summed E-state index contributed by atoms with van der Waals surface area (Å²) in [5.74, 6) is -0.136. The van der Waals surface area contributed by atoms with Crippen LogP contribution in [0.4, 0.5) is 10.5 Å². The van der Waals surface area contributed by atoms with Crippen LogP contribution in [0.2, 0.25) is 0 Å². The average Bonchev–Trinajstić information content (AvgIpc) is 3.06. The van der Waals surface area contributed by atoms with Crippen molar-refractivity contribution in [3.05, 3.63) is 29.8 Å². The minimum Gasteiger partial charge on any atom is -0.326 e. The molecule has 3 rings (SSSR count). The number of amides is 3. The fourth-order valence-corrected chi connectivity index (χ4v) is 2.10. The second-order valence-corrected chi connectivity index (χ2v) is 4.52. The molecule has 1 saturated heterocycles. The molecule has 5 heteroatoms. The smallest absolute Gasteiger partial charge is 0.326 e. The number of hydrogen-bond acceptors (Lipinski definition) is 3. The monoisotopic (exact) mass is 231 g/mol. The van der Waals surface area contributed by atoms with Gasteiger partial charge < -0.3 is 11.1 Å². The Morgan fingerprint density at radius 1 is 1.24 bits per heavy atom. The fourth-order valence-electron chi connectivity index (χ4n) is 2.10. The largest absolute Gasteiger partial charge is 0.329 e. The maximum Gasteiger partial charge on any atom is 0.329 e. The first kappa shape index (κ1) is 10.3. The van der Waals surface area contributed by atoms with Crippen molar-refractivity contribution in [2.75, 3.05) is 4.90 Å². The molecule has 0 radical (unpaired) electrons. The van der Waals surface area contributed by atoms with Crippen molar-refractivity contribution in [2.24, 2.45) is 5.73 Å². The van der Waals surface area contributed by atoms with Crippen LogP contribution in [0, 0.1) is 0 Å². The molecule has 5 nitrogen and oxygen atoms in total. The molecule has 1 spiro atoms. The maximum atomic E-state index is 12.1. The van der Waals surface area contributed by atoms with Gasteiger partial charge in [-0.2, -0.15) is 0 Å². The predicted octanol–water partition coefficient (Wildman–Crippen LogP) is 0.734. The highest BCUT2D eigenvalue weighted by Gasteiger charge is 2.59. The summed E-state index contributed by atoms with van der Waals surface area (Å²) in [4.78, 5) is 25.1. The van der Waals surface area contributed by atoms with Crippen LogP contribution in [-0.4, -0.2) is 17.5 Å².